The van der Waals surface area contributed by atoms with Gasteiger partial charge in [0.2, 0.25) is 0 Å². The van der Waals surface area contributed by atoms with E-state index in [0.29, 0.717) is 22.9 Å². The van der Waals surface area contributed by atoms with Crippen LogP contribution in [0.25, 0.3) is 10.8 Å². The Kier molecular flexibility index (Phi) is 6.50. The quantitative estimate of drug-likeness (QED) is 0.370. The number of esters is 1. The Morgan fingerprint density at radius 3 is 2.09 bits per heavy atom. The van der Waals surface area contributed by atoms with Gasteiger partial charge >= 0.3 is 11.9 Å². The van der Waals surface area contributed by atoms with E-state index in [1.807, 2.05) is 55.4 Å². The maximum Gasteiger partial charge on any atom is 0.338 e. The van der Waals surface area contributed by atoms with Crippen LogP contribution in [0.5, 0.6) is 5.75 Å². The summed E-state index contributed by atoms with van der Waals surface area (Å²) in [5, 5.41) is 21.3. The smallest absolute Gasteiger partial charge is 0.338 e. The fraction of sp³-hybridized carbons (Fsp3) is 0.143. The summed E-state index contributed by atoms with van der Waals surface area (Å²) < 4.78 is 5.48. The molecule has 0 heterocycles. The van der Waals surface area contributed by atoms with Gasteiger partial charge in [0, 0.05) is 31.6 Å². The Hall–Kier alpha value is -4.32. The lowest BCUT2D eigenvalue weighted by Gasteiger charge is -2.13. The molecule has 6 nitrogen and oxygen atoms in total. The molecule has 0 fully saturated rings. The van der Waals surface area contributed by atoms with E-state index in [1.54, 1.807) is 30.3 Å². The number of aromatic hydroxyl groups is 1. The van der Waals surface area contributed by atoms with E-state index >= 15 is 0 Å². The number of hydrogen-bond donors (Lipinski definition) is 2. The van der Waals surface area contributed by atoms with Crippen LogP contribution in [0.4, 0.5) is 5.69 Å². The minimum absolute atomic E-state index is 0.0914. The number of carboxylic acid groups (broad SMARTS) is 1. The third-order valence-corrected chi connectivity index (χ3v) is 5.73. The molecule has 4 rings (SSSR count). The average Bonchev–Trinajstić information content (AvgIpc) is 2.84. The van der Waals surface area contributed by atoms with Crippen LogP contribution in [0.15, 0.2) is 78.9 Å². The molecule has 4 aromatic carbocycles. The molecule has 2 N–H and O–H groups in total. The molecule has 0 bridgehead atoms. The number of phenolic OH excluding ortho intramolecular Hbond substituents is 1. The standard InChI is InChI=1S/C28H25NO5/c1-29(2)24-13-5-19(6-14-24)17-34-28(33)23-12-10-20-9-11-22(26(30)25(20)16-23)15-18-3-7-21(8-4-18)27(31)32/h3-14,16,30H,15,17H2,1-2H3,(H,31,32). The zero-order valence-corrected chi connectivity index (χ0v) is 19.0. The molecule has 0 aliphatic heterocycles. The van der Waals surface area contributed by atoms with E-state index < -0.39 is 11.9 Å². The van der Waals surface area contributed by atoms with Crippen molar-refractivity contribution in [2.24, 2.45) is 0 Å². The van der Waals surface area contributed by atoms with Crippen LogP contribution in [0.3, 0.4) is 0 Å². The van der Waals surface area contributed by atoms with Crippen LogP contribution < -0.4 is 4.90 Å². The fourth-order valence-electron chi connectivity index (χ4n) is 3.73. The summed E-state index contributed by atoms with van der Waals surface area (Å²) in [6.45, 7) is 0.156. The molecule has 0 atom stereocenters. The van der Waals surface area contributed by atoms with Crippen molar-refractivity contribution in [2.75, 3.05) is 19.0 Å². The van der Waals surface area contributed by atoms with Crippen molar-refractivity contribution < 1.29 is 24.5 Å². The summed E-state index contributed by atoms with van der Waals surface area (Å²) in [7, 11) is 3.93. The molecule has 0 unspecified atom stereocenters. The third-order valence-electron chi connectivity index (χ3n) is 5.73. The monoisotopic (exact) mass is 455 g/mol. The van der Waals surface area contributed by atoms with Gasteiger partial charge in [-0.15, -0.1) is 0 Å². The van der Waals surface area contributed by atoms with Crippen LogP contribution in [0.2, 0.25) is 0 Å². The number of anilines is 1. The van der Waals surface area contributed by atoms with Gasteiger partial charge < -0.3 is 19.8 Å². The highest BCUT2D eigenvalue weighted by Crippen LogP contribution is 2.31. The highest BCUT2D eigenvalue weighted by molar-refractivity contribution is 5.98. The first-order valence-corrected chi connectivity index (χ1v) is 10.8. The van der Waals surface area contributed by atoms with Crippen LogP contribution in [0.1, 0.15) is 37.4 Å². The summed E-state index contributed by atoms with van der Waals surface area (Å²) in [6.07, 6.45) is 0.430. The first-order chi connectivity index (χ1) is 16.3. The summed E-state index contributed by atoms with van der Waals surface area (Å²) in [4.78, 5) is 25.7. The van der Waals surface area contributed by atoms with Crippen LogP contribution in [0, 0.1) is 0 Å². The molecule has 0 amide bonds. The molecular formula is C28H25NO5. The van der Waals surface area contributed by atoms with Gasteiger partial charge in [-0.3, -0.25) is 0 Å². The molecule has 4 aromatic rings. The number of benzene rings is 4. The highest BCUT2D eigenvalue weighted by Gasteiger charge is 2.13. The number of rotatable bonds is 7. The zero-order chi connectivity index (χ0) is 24.2. The lowest BCUT2D eigenvalue weighted by Crippen LogP contribution is -2.09. The van der Waals surface area contributed by atoms with Crippen LogP contribution in [-0.2, 0) is 17.8 Å². The predicted octanol–water partition coefficient (Wildman–Crippen LogP) is 5.26. The van der Waals surface area contributed by atoms with Gasteiger partial charge in [0.1, 0.15) is 12.4 Å². The average molecular weight is 456 g/mol. The maximum atomic E-state index is 12.7. The SMILES string of the molecule is CN(C)c1ccc(COC(=O)c2ccc3ccc(Cc4ccc(C(=O)O)cc4)c(O)c3c2)cc1. The number of ether oxygens (including phenoxy) is 1. The maximum absolute atomic E-state index is 12.7. The van der Waals surface area contributed by atoms with Gasteiger partial charge in [-0.05, 0) is 58.5 Å². The number of aromatic carboxylic acids is 1. The minimum Gasteiger partial charge on any atom is -0.507 e. The second-order valence-corrected chi connectivity index (χ2v) is 8.33. The number of carbonyl (C=O) groups excluding carboxylic acids is 1. The molecule has 0 saturated carbocycles. The van der Waals surface area contributed by atoms with E-state index in [2.05, 4.69) is 0 Å². The second-order valence-electron chi connectivity index (χ2n) is 8.33. The lowest BCUT2D eigenvalue weighted by atomic mass is 9.98. The summed E-state index contributed by atoms with van der Waals surface area (Å²) in [5.74, 6) is -1.36. The van der Waals surface area contributed by atoms with Gasteiger partial charge in [-0.25, -0.2) is 9.59 Å². The van der Waals surface area contributed by atoms with E-state index in [4.69, 9.17) is 9.84 Å². The first kappa shape index (κ1) is 22.9. The van der Waals surface area contributed by atoms with Crippen LogP contribution >= 0.6 is 0 Å². The van der Waals surface area contributed by atoms with Gasteiger partial charge in [-0.1, -0.05) is 42.5 Å². The number of carbonyl (C=O) groups is 2. The van der Waals surface area contributed by atoms with Crippen molar-refractivity contribution >= 4 is 28.4 Å². The normalized spacial score (nSPS) is 10.8. The Morgan fingerprint density at radius 1 is 0.824 bits per heavy atom. The number of phenols is 1. The van der Waals surface area contributed by atoms with Crippen molar-refractivity contribution in [3.63, 3.8) is 0 Å². The highest BCUT2D eigenvalue weighted by atomic mass is 16.5. The summed E-state index contributed by atoms with van der Waals surface area (Å²) in [6, 6.07) is 23.1. The molecule has 172 valence electrons. The molecule has 34 heavy (non-hydrogen) atoms. The van der Waals surface area contributed by atoms with Gasteiger partial charge in [0.25, 0.3) is 0 Å². The Morgan fingerprint density at radius 2 is 1.44 bits per heavy atom. The van der Waals surface area contributed by atoms with Crippen LogP contribution in [-0.4, -0.2) is 36.2 Å². The van der Waals surface area contributed by atoms with E-state index in [0.717, 1.165) is 22.2 Å². The summed E-state index contributed by atoms with van der Waals surface area (Å²) in [5.41, 5.74) is 4.07. The largest absolute Gasteiger partial charge is 0.507 e. The fourth-order valence-corrected chi connectivity index (χ4v) is 3.73. The van der Waals surface area contributed by atoms with Gasteiger partial charge in [0.05, 0.1) is 11.1 Å². The molecule has 0 spiro atoms. The summed E-state index contributed by atoms with van der Waals surface area (Å²) >= 11 is 0. The number of nitrogens with zero attached hydrogens (tertiary/aromatic N) is 1. The van der Waals surface area contributed by atoms with E-state index in [1.165, 1.54) is 12.1 Å². The Bertz CT molecular complexity index is 1340. The second kappa shape index (κ2) is 9.67. The van der Waals surface area contributed by atoms with E-state index in [-0.39, 0.29) is 17.9 Å². The minimum atomic E-state index is -0.981. The lowest BCUT2D eigenvalue weighted by molar-refractivity contribution is 0.0472. The molecular weight excluding hydrogens is 430 g/mol. The number of hydrogen-bond acceptors (Lipinski definition) is 5. The Labute approximate surface area is 197 Å². The van der Waals surface area contributed by atoms with Crippen molar-refractivity contribution in [2.45, 2.75) is 13.0 Å². The molecule has 0 aliphatic rings. The molecule has 0 saturated heterocycles. The van der Waals surface area contributed by atoms with Crippen molar-refractivity contribution in [1.29, 1.82) is 0 Å². The van der Waals surface area contributed by atoms with Crippen molar-refractivity contribution in [3.05, 3.63) is 107 Å². The molecule has 0 aromatic heterocycles. The van der Waals surface area contributed by atoms with E-state index in [9.17, 15) is 14.7 Å². The Balaban J connectivity index is 1.51. The van der Waals surface area contributed by atoms with Gasteiger partial charge in [0.15, 0.2) is 0 Å². The predicted molar refractivity (Wildman–Crippen MR) is 132 cm³/mol. The third kappa shape index (κ3) is 5.02. The molecule has 0 aliphatic carbocycles. The number of carboxylic acids is 1. The molecule has 0 radical (unpaired) electrons. The first-order valence-electron chi connectivity index (χ1n) is 10.8. The topological polar surface area (TPSA) is 87.1 Å². The molecule has 6 heteroatoms. The number of fused-ring (bicyclic) bond motifs is 1. The zero-order valence-electron chi connectivity index (χ0n) is 19.0. The van der Waals surface area contributed by atoms with Crippen molar-refractivity contribution in [3.8, 4) is 5.75 Å². The van der Waals surface area contributed by atoms with Gasteiger partial charge in [-0.2, -0.15) is 0 Å². The van der Waals surface area contributed by atoms with Crippen molar-refractivity contribution in [1.82, 2.24) is 0 Å².